The summed E-state index contributed by atoms with van der Waals surface area (Å²) in [6.45, 7) is 0. The fraction of sp³-hybridized carbons (Fsp3) is 0.250. The number of H-pyrrole nitrogens is 1. The van der Waals surface area contributed by atoms with Crippen LogP contribution in [0.5, 0.6) is 5.75 Å². The monoisotopic (exact) mass is 265 g/mol. The summed E-state index contributed by atoms with van der Waals surface area (Å²) in [6.07, 6.45) is 6.51. The summed E-state index contributed by atoms with van der Waals surface area (Å²) in [7, 11) is 0. The number of phenolic OH excluding ortho intramolecular Hbond substituents is 1. The van der Waals surface area contributed by atoms with Gasteiger partial charge in [0.05, 0.1) is 17.2 Å². The molecule has 0 amide bonds. The number of benzene rings is 1. The molecule has 0 atom stereocenters. The number of nitrogens with zero attached hydrogens (tertiary/aromatic N) is 2. The predicted octanol–water partition coefficient (Wildman–Crippen LogP) is 3.21. The van der Waals surface area contributed by atoms with Gasteiger partial charge in [-0.2, -0.15) is 0 Å². The molecule has 0 bridgehead atoms. The Bertz CT molecular complexity index is 792. The number of hydrogen-bond acceptors (Lipinski definition) is 3. The molecule has 1 aliphatic carbocycles. The lowest BCUT2D eigenvalue weighted by Gasteiger charge is -2.09. The Morgan fingerprint density at radius 1 is 1.15 bits per heavy atom. The Morgan fingerprint density at radius 2 is 2.05 bits per heavy atom. The Hall–Kier alpha value is -2.36. The van der Waals surface area contributed by atoms with Gasteiger partial charge in [-0.3, -0.25) is 0 Å². The minimum Gasteiger partial charge on any atom is -0.508 e. The molecule has 0 spiro atoms. The van der Waals surface area contributed by atoms with E-state index >= 15 is 0 Å². The molecule has 2 aromatic heterocycles. The minimum atomic E-state index is 0.238. The van der Waals surface area contributed by atoms with Gasteiger partial charge in [0.1, 0.15) is 5.75 Å². The topological polar surface area (TPSA) is 61.8 Å². The highest BCUT2D eigenvalue weighted by atomic mass is 16.3. The zero-order valence-corrected chi connectivity index (χ0v) is 11.1. The van der Waals surface area contributed by atoms with Crippen LogP contribution in [0.4, 0.5) is 0 Å². The average molecular weight is 265 g/mol. The summed E-state index contributed by atoms with van der Waals surface area (Å²) in [5.41, 5.74) is 5.55. The molecule has 3 aromatic rings. The van der Waals surface area contributed by atoms with E-state index < -0.39 is 0 Å². The third-order valence-electron chi connectivity index (χ3n) is 3.93. The van der Waals surface area contributed by atoms with Gasteiger partial charge in [-0.1, -0.05) is 12.1 Å². The lowest BCUT2D eigenvalue weighted by molar-refractivity contribution is 0.475. The molecule has 0 saturated carbocycles. The summed E-state index contributed by atoms with van der Waals surface area (Å²) in [6, 6.07) is 7.07. The molecule has 4 nitrogen and oxygen atoms in total. The van der Waals surface area contributed by atoms with Crippen LogP contribution >= 0.6 is 0 Å². The number of rotatable bonds is 1. The first-order valence-corrected chi connectivity index (χ1v) is 6.97. The molecule has 20 heavy (non-hydrogen) atoms. The van der Waals surface area contributed by atoms with Gasteiger partial charge in [0.25, 0.3) is 0 Å². The highest BCUT2D eigenvalue weighted by Crippen LogP contribution is 2.29. The zero-order valence-electron chi connectivity index (χ0n) is 11.1. The van der Waals surface area contributed by atoms with E-state index in [2.05, 4.69) is 9.97 Å². The van der Waals surface area contributed by atoms with Crippen LogP contribution in [-0.2, 0) is 12.8 Å². The van der Waals surface area contributed by atoms with Crippen molar-refractivity contribution >= 4 is 11.0 Å². The molecule has 4 rings (SSSR count). The summed E-state index contributed by atoms with van der Waals surface area (Å²) >= 11 is 0. The fourth-order valence-electron chi connectivity index (χ4n) is 2.95. The normalized spacial score (nSPS) is 14.4. The van der Waals surface area contributed by atoms with Crippen LogP contribution in [-0.4, -0.2) is 20.1 Å². The van der Waals surface area contributed by atoms with Gasteiger partial charge in [-0.05, 0) is 43.4 Å². The molecule has 1 aromatic carbocycles. The number of hydrogen-bond donors (Lipinski definition) is 2. The number of aromatic nitrogens is 3. The molecule has 0 saturated heterocycles. The van der Waals surface area contributed by atoms with Crippen molar-refractivity contribution < 1.29 is 5.11 Å². The first-order valence-electron chi connectivity index (χ1n) is 6.97. The van der Waals surface area contributed by atoms with Gasteiger partial charge in [0, 0.05) is 11.3 Å². The summed E-state index contributed by atoms with van der Waals surface area (Å²) in [5, 5.41) is 9.58. The minimum absolute atomic E-state index is 0.238. The third-order valence-corrected chi connectivity index (χ3v) is 3.93. The van der Waals surface area contributed by atoms with Crippen molar-refractivity contribution in [3.8, 4) is 17.1 Å². The smallest absolute Gasteiger partial charge is 0.160 e. The second-order valence-electron chi connectivity index (χ2n) is 5.30. The average Bonchev–Trinajstić information content (AvgIpc) is 2.85. The van der Waals surface area contributed by atoms with E-state index in [0.717, 1.165) is 29.4 Å². The van der Waals surface area contributed by atoms with Crippen molar-refractivity contribution in [3.63, 3.8) is 0 Å². The van der Waals surface area contributed by atoms with Gasteiger partial charge in [-0.15, -0.1) is 0 Å². The highest BCUT2D eigenvalue weighted by Gasteiger charge is 2.17. The van der Waals surface area contributed by atoms with Crippen LogP contribution in [0.25, 0.3) is 22.4 Å². The van der Waals surface area contributed by atoms with Crippen molar-refractivity contribution in [1.29, 1.82) is 0 Å². The second kappa shape index (κ2) is 4.34. The molecule has 0 aliphatic heterocycles. The maximum Gasteiger partial charge on any atom is 0.160 e. The van der Waals surface area contributed by atoms with E-state index in [1.807, 2.05) is 18.3 Å². The fourth-order valence-corrected chi connectivity index (χ4v) is 2.95. The number of fused-ring (bicyclic) bond motifs is 3. The molecule has 0 fully saturated rings. The largest absolute Gasteiger partial charge is 0.508 e. The highest BCUT2D eigenvalue weighted by molar-refractivity contribution is 5.82. The van der Waals surface area contributed by atoms with Gasteiger partial charge in [0.2, 0.25) is 0 Å². The zero-order chi connectivity index (χ0) is 13.5. The van der Waals surface area contributed by atoms with Crippen molar-refractivity contribution in [2.24, 2.45) is 0 Å². The Morgan fingerprint density at radius 3 is 2.95 bits per heavy atom. The van der Waals surface area contributed by atoms with Crippen LogP contribution in [0, 0.1) is 0 Å². The number of aromatic amines is 1. The molecular weight excluding hydrogens is 250 g/mol. The van der Waals surface area contributed by atoms with E-state index in [4.69, 9.17) is 4.98 Å². The molecule has 0 radical (unpaired) electrons. The first kappa shape index (κ1) is 11.5. The molecule has 1 aliphatic rings. The molecule has 100 valence electrons. The molecule has 2 N–H and O–H groups in total. The van der Waals surface area contributed by atoms with Crippen molar-refractivity contribution in [1.82, 2.24) is 15.0 Å². The number of nitrogens with one attached hydrogen (secondary N) is 1. The van der Waals surface area contributed by atoms with Crippen LogP contribution in [0.3, 0.4) is 0 Å². The van der Waals surface area contributed by atoms with Crippen molar-refractivity contribution in [3.05, 3.63) is 41.7 Å². The van der Waals surface area contributed by atoms with Crippen LogP contribution in [0.15, 0.2) is 30.5 Å². The van der Waals surface area contributed by atoms with Gasteiger partial charge in [-0.25, -0.2) is 9.97 Å². The molecular formula is C16H15N3O. The van der Waals surface area contributed by atoms with Crippen molar-refractivity contribution in [2.45, 2.75) is 25.7 Å². The van der Waals surface area contributed by atoms with E-state index in [-0.39, 0.29) is 5.75 Å². The maximum atomic E-state index is 9.58. The maximum absolute atomic E-state index is 9.58. The quantitative estimate of drug-likeness (QED) is 0.710. The van der Waals surface area contributed by atoms with E-state index in [1.165, 1.54) is 24.1 Å². The first-order chi connectivity index (χ1) is 9.81. The van der Waals surface area contributed by atoms with Gasteiger partial charge in [0.15, 0.2) is 5.82 Å². The lowest BCUT2D eigenvalue weighted by Crippen LogP contribution is -2.00. The molecule has 4 heteroatoms. The summed E-state index contributed by atoms with van der Waals surface area (Å²) in [5.74, 6) is 0.906. The van der Waals surface area contributed by atoms with E-state index in [9.17, 15) is 5.11 Å². The second-order valence-corrected chi connectivity index (χ2v) is 5.30. The Balaban J connectivity index is 1.90. The van der Waals surface area contributed by atoms with E-state index in [0.29, 0.717) is 5.82 Å². The summed E-state index contributed by atoms with van der Waals surface area (Å²) in [4.78, 5) is 12.5. The van der Waals surface area contributed by atoms with Crippen molar-refractivity contribution in [2.75, 3.05) is 0 Å². The Labute approximate surface area is 116 Å². The predicted molar refractivity (Wildman–Crippen MR) is 77.6 cm³/mol. The standard InChI is InChI=1S/C16H15N3O/c20-11-5-3-4-10(8-11)16-17-9-14-15(19-16)12-6-1-2-7-13(12)18-14/h3-5,8-9,18,20H,1-2,6-7H2. The SMILES string of the molecule is Oc1cccc(-c2ncc3[nH]c4c(c3n2)CCCC4)c1. The van der Waals surface area contributed by atoms with Gasteiger partial charge < -0.3 is 10.1 Å². The number of phenols is 1. The van der Waals surface area contributed by atoms with Crippen LogP contribution < -0.4 is 0 Å². The van der Waals surface area contributed by atoms with Gasteiger partial charge >= 0.3 is 0 Å². The van der Waals surface area contributed by atoms with Crippen LogP contribution in [0.2, 0.25) is 0 Å². The molecule has 0 unspecified atom stereocenters. The Kier molecular flexibility index (Phi) is 2.49. The van der Waals surface area contributed by atoms with E-state index in [1.54, 1.807) is 12.1 Å². The summed E-state index contributed by atoms with van der Waals surface area (Å²) < 4.78 is 0. The molecule has 2 heterocycles. The number of aryl methyl sites for hydroxylation is 2. The third kappa shape index (κ3) is 1.76. The van der Waals surface area contributed by atoms with Crippen LogP contribution in [0.1, 0.15) is 24.1 Å². The lowest BCUT2D eigenvalue weighted by atomic mass is 9.97. The number of aromatic hydroxyl groups is 1.